The molecule has 0 aliphatic heterocycles. The maximum Gasteiger partial charge on any atom is -0.0285 e. The largest absolute Gasteiger partial charge is 0.0843 e. The second kappa shape index (κ2) is 6.21. The first-order valence-corrected chi connectivity index (χ1v) is 4.51. The lowest BCUT2D eigenvalue weighted by Gasteiger charge is -1.96. The van der Waals surface area contributed by atoms with Crippen LogP contribution in [0.15, 0.2) is 23.8 Å². The van der Waals surface area contributed by atoms with Crippen LogP contribution in [0.3, 0.4) is 0 Å². The highest BCUT2D eigenvalue weighted by Crippen LogP contribution is 2.03. The first-order chi connectivity index (χ1) is 5.16. The van der Waals surface area contributed by atoms with Gasteiger partial charge in [-0.25, -0.2) is 0 Å². The van der Waals surface area contributed by atoms with E-state index in [0.717, 1.165) is 0 Å². The van der Waals surface area contributed by atoms with Crippen molar-refractivity contribution in [2.45, 2.75) is 40.5 Å². The van der Waals surface area contributed by atoms with Crippen LogP contribution in [-0.2, 0) is 0 Å². The van der Waals surface area contributed by atoms with E-state index in [4.69, 9.17) is 0 Å². The summed E-state index contributed by atoms with van der Waals surface area (Å²) >= 11 is 0. The van der Waals surface area contributed by atoms with Crippen LogP contribution in [0.1, 0.15) is 40.5 Å². The summed E-state index contributed by atoms with van der Waals surface area (Å²) in [6, 6.07) is 0. The fourth-order valence-corrected chi connectivity index (χ4v) is 1.02. The van der Waals surface area contributed by atoms with Gasteiger partial charge in [-0.1, -0.05) is 51.0 Å². The van der Waals surface area contributed by atoms with E-state index in [1.54, 1.807) is 0 Å². The predicted molar refractivity (Wildman–Crippen MR) is 52.6 cm³/mol. The molecule has 0 radical (unpaired) electrons. The molecule has 0 N–H and O–H groups in total. The van der Waals surface area contributed by atoms with E-state index in [0.29, 0.717) is 5.92 Å². The zero-order valence-corrected chi connectivity index (χ0v) is 8.22. The molecule has 0 bridgehead atoms. The Hall–Kier alpha value is -0.520. The van der Waals surface area contributed by atoms with Gasteiger partial charge in [0.1, 0.15) is 0 Å². The van der Waals surface area contributed by atoms with E-state index in [1.165, 1.54) is 18.4 Å². The third kappa shape index (κ3) is 7.38. The Bertz CT molecular complexity index is 138. The van der Waals surface area contributed by atoms with Gasteiger partial charge in [-0.3, -0.25) is 0 Å². The SMILES string of the molecule is CCC/C=C/C(C)=C/C(C)C. The molecule has 0 rings (SSSR count). The van der Waals surface area contributed by atoms with Crippen LogP contribution in [-0.4, -0.2) is 0 Å². The minimum atomic E-state index is 0.668. The molecule has 0 saturated carbocycles. The van der Waals surface area contributed by atoms with Crippen molar-refractivity contribution in [2.75, 3.05) is 0 Å². The van der Waals surface area contributed by atoms with Crippen molar-refractivity contribution in [3.63, 3.8) is 0 Å². The van der Waals surface area contributed by atoms with Gasteiger partial charge < -0.3 is 0 Å². The molecular formula is C11H20. The van der Waals surface area contributed by atoms with Crippen LogP contribution in [0.4, 0.5) is 0 Å². The minimum Gasteiger partial charge on any atom is -0.0843 e. The molecule has 0 saturated heterocycles. The second-order valence-corrected chi connectivity index (χ2v) is 3.35. The van der Waals surface area contributed by atoms with Crippen LogP contribution >= 0.6 is 0 Å². The van der Waals surface area contributed by atoms with Gasteiger partial charge in [-0.15, -0.1) is 0 Å². The summed E-state index contributed by atoms with van der Waals surface area (Å²) in [5, 5.41) is 0. The molecule has 0 aromatic rings. The first kappa shape index (κ1) is 10.5. The molecule has 0 aromatic heterocycles. The van der Waals surface area contributed by atoms with E-state index < -0.39 is 0 Å². The zero-order valence-electron chi connectivity index (χ0n) is 8.22. The van der Waals surface area contributed by atoms with Crippen molar-refractivity contribution in [2.24, 2.45) is 5.92 Å². The van der Waals surface area contributed by atoms with Gasteiger partial charge in [-0.2, -0.15) is 0 Å². The average Bonchev–Trinajstić information content (AvgIpc) is 1.86. The second-order valence-electron chi connectivity index (χ2n) is 3.35. The van der Waals surface area contributed by atoms with Crippen LogP contribution in [0, 0.1) is 5.92 Å². The van der Waals surface area contributed by atoms with Crippen LogP contribution in [0.5, 0.6) is 0 Å². The maximum absolute atomic E-state index is 2.28. The third-order valence-electron chi connectivity index (χ3n) is 1.43. The van der Waals surface area contributed by atoms with Crippen LogP contribution in [0.25, 0.3) is 0 Å². The van der Waals surface area contributed by atoms with Crippen molar-refractivity contribution in [3.8, 4) is 0 Å². The van der Waals surface area contributed by atoms with Crippen LogP contribution < -0.4 is 0 Å². The van der Waals surface area contributed by atoms with Gasteiger partial charge >= 0.3 is 0 Å². The molecule has 0 fully saturated rings. The first-order valence-electron chi connectivity index (χ1n) is 4.51. The van der Waals surface area contributed by atoms with Crippen LogP contribution in [0.2, 0.25) is 0 Å². The zero-order chi connectivity index (χ0) is 8.69. The monoisotopic (exact) mass is 152 g/mol. The molecule has 0 heterocycles. The number of hydrogen-bond acceptors (Lipinski definition) is 0. The Morgan fingerprint density at radius 1 is 1.36 bits per heavy atom. The molecule has 0 unspecified atom stereocenters. The summed E-state index contributed by atoms with van der Waals surface area (Å²) < 4.78 is 0. The van der Waals surface area contributed by atoms with Gasteiger partial charge in [0.2, 0.25) is 0 Å². The quantitative estimate of drug-likeness (QED) is 0.535. The highest BCUT2D eigenvalue weighted by Gasteiger charge is 1.86. The summed E-state index contributed by atoms with van der Waals surface area (Å²) in [6.45, 7) is 8.77. The molecule has 0 aliphatic carbocycles. The molecule has 64 valence electrons. The normalized spacial score (nSPS) is 13.4. The smallest absolute Gasteiger partial charge is 0.0285 e. The van der Waals surface area contributed by atoms with Gasteiger partial charge in [0, 0.05) is 0 Å². The van der Waals surface area contributed by atoms with Crippen molar-refractivity contribution >= 4 is 0 Å². The Balaban J connectivity index is 3.75. The van der Waals surface area contributed by atoms with E-state index in [9.17, 15) is 0 Å². The summed E-state index contributed by atoms with van der Waals surface area (Å²) in [6.07, 6.45) is 9.18. The summed E-state index contributed by atoms with van der Waals surface area (Å²) in [4.78, 5) is 0. The fraction of sp³-hybridized carbons (Fsp3) is 0.636. The number of rotatable bonds is 4. The number of hydrogen-bond donors (Lipinski definition) is 0. The van der Waals surface area contributed by atoms with Crippen molar-refractivity contribution in [1.29, 1.82) is 0 Å². The van der Waals surface area contributed by atoms with Gasteiger partial charge in [-0.05, 0) is 19.3 Å². The van der Waals surface area contributed by atoms with Crippen molar-refractivity contribution in [3.05, 3.63) is 23.8 Å². The Kier molecular flexibility index (Phi) is 5.91. The highest BCUT2D eigenvalue weighted by atomic mass is 13.9. The Labute approximate surface area is 71.0 Å². The molecule has 0 nitrogen and oxygen atoms in total. The molecule has 0 aromatic carbocycles. The molecule has 0 spiro atoms. The fourth-order valence-electron chi connectivity index (χ4n) is 1.02. The van der Waals surface area contributed by atoms with E-state index in [-0.39, 0.29) is 0 Å². The molecule has 0 atom stereocenters. The van der Waals surface area contributed by atoms with Gasteiger partial charge in [0.05, 0.1) is 0 Å². The van der Waals surface area contributed by atoms with E-state index >= 15 is 0 Å². The van der Waals surface area contributed by atoms with E-state index in [1.807, 2.05) is 0 Å². The lowest BCUT2D eigenvalue weighted by molar-refractivity contribution is 0.825. The highest BCUT2D eigenvalue weighted by molar-refractivity contribution is 5.16. The summed E-state index contributed by atoms with van der Waals surface area (Å²) in [7, 11) is 0. The van der Waals surface area contributed by atoms with Crippen molar-refractivity contribution in [1.82, 2.24) is 0 Å². The van der Waals surface area contributed by atoms with Gasteiger partial charge in [0.25, 0.3) is 0 Å². The standard InChI is InChI=1S/C11H20/c1-5-6-7-8-11(4)9-10(2)3/h7-10H,5-6H2,1-4H3/b8-7+,11-9+. The molecular weight excluding hydrogens is 132 g/mol. The third-order valence-corrected chi connectivity index (χ3v) is 1.43. The van der Waals surface area contributed by atoms with E-state index in [2.05, 4.69) is 45.9 Å². The molecule has 0 amide bonds. The molecule has 0 aliphatic rings. The number of allylic oxidation sites excluding steroid dienone is 4. The summed E-state index contributed by atoms with van der Waals surface area (Å²) in [5.74, 6) is 0.668. The Morgan fingerprint density at radius 2 is 2.00 bits per heavy atom. The summed E-state index contributed by atoms with van der Waals surface area (Å²) in [5.41, 5.74) is 1.38. The lowest BCUT2D eigenvalue weighted by Crippen LogP contribution is -1.79. The molecule has 11 heavy (non-hydrogen) atoms. The Morgan fingerprint density at radius 3 is 2.45 bits per heavy atom. The molecule has 0 heteroatoms. The lowest BCUT2D eigenvalue weighted by atomic mass is 10.1. The minimum absolute atomic E-state index is 0.668. The number of unbranched alkanes of at least 4 members (excludes halogenated alkanes) is 1. The van der Waals surface area contributed by atoms with Crippen molar-refractivity contribution < 1.29 is 0 Å². The topological polar surface area (TPSA) is 0 Å². The van der Waals surface area contributed by atoms with Gasteiger partial charge in [0.15, 0.2) is 0 Å². The predicted octanol–water partition coefficient (Wildman–Crippen LogP) is 3.95. The average molecular weight is 152 g/mol. The maximum atomic E-state index is 2.28.